The van der Waals surface area contributed by atoms with Gasteiger partial charge in [0.1, 0.15) is 29.3 Å². The fraction of sp³-hybridized carbons (Fsp3) is 0.551. The Hall–Kier alpha value is -6.06. The summed E-state index contributed by atoms with van der Waals surface area (Å²) in [4.78, 5) is 57.2. The molecule has 3 aliphatic heterocycles. The molecule has 5 heterocycles. The second kappa shape index (κ2) is 18.4. The average molecular weight is 890 g/mol. The lowest BCUT2D eigenvalue weighted by Gasteiger charge is -2.44. The van der Waals surface area contributed by atoms with Crippen LogP contribution in [0.15, 0.2) is 41.8 Å². The number of nitrogens with zero attached hydrogens (tertiary/aromatic N) is 5. The minimum Gasteiger partial charge on any atom is -0.493 e. The highest BCUT2D eigenvalue weighted by Gasteiger charge is 2.44. The summed E-state index contributed by atoms with van der Waals surface area (Å²) in [6.07, 6.45) is 13.8. The predicted molar refractivity (Wildman–Crippen MR) is 241 cm³/mol. The van der Waals surface area contributed by atoms with Crippen LogP contribution in [0.4, 0.5) is 4.79 Å². The lowest BCUT2D eigenvalue weighted by molar-refractivity contribution is -0.143. The van der Waals surface area contributed by atoms with Crippen molar-refractivity contribution >= 4 is 34.7 Å². The highest BCUT2D eigenvalue weighted by Crippen LogP contribution is 2.49. The molecular formula is C49H59N7O9. The number of likely N-dealkylation sites (tertiary alicyclic amines) is 1. The van der Waals surface area contributed by atoms with E-state index in [-0.39, 0.29) is 42.2 Å². The van der Waals surface area contributed by atoms with Gasteiger partial charge in [-0.05, 0) is 94.0 Å². The number of piperidine rings is 1. The number of methoxy groups -OCH3 is 2. The number of aryl methyl sites for hydroxylation is 1. The van der Waals surface area contributed by atoms with E-state index < -0.39 is 12.1 Å². The first-order chi connectivity index (χ1) is 31.8. The third-order valence-corrected chi connectivity index (χ3v) is 14.4. The SMILES string of the molecule is COc1ccc(C2=NN(C3CCN(C(=O)[C@H](CC4CCCCC4)NC(=O)Oc4c(C)[nH]c5c(-c6c(OCC7CC7)ccc7c6OCO7)ncnc45)CC3)C(=O)[C@@H]3CCCC[C@H]23)cc1OC. The molecule has 16 heteroatoms. The Morgan fingerprint density at radius 1 is 0.862 bits per heavy atom. The number of H-pyrrole nitrogens is 1. The molecule has 3 atom stereocenters. The maximum absolute atomic E-state index is 14.6. The van der Waals surface area contributed by atoms with Crippen molar-refractivity contribution in [1.29, 1.82) is 0 Å². The number of ether oxygens (including phenoxy) is 6. The van der Waals surface area contributed by atoms with Crippen LogP contribution in [0, 0.1) is 30.6 Å². The van der Waals surface area contributed by atoms with E-state index in [0.717, 1.165) is 75.5 Å². The number of carbonyl (C=O) groups excluding carboxylic acids is 3. The van der Waals surface area contributed by atoms with Crippen LogP contribution in [0.2, 0.25) is 0 Å². The van der Waals surface area contributed by atoms with Gasteiger partial charge in [-0.15, -0.1) is 0 Å². The number of hydrogen-bond acceptors (Lipinski definition) is 12. The quantitative estimate of drug-likeness (QED) is 0.133. The molecule has 4 aromatic rings. The summed E-state index contributed by atoms with van der Waals surface area (Å²) in [6, 6.07) is 8.61. The second-order valence-electron chi connectivity index (χ2n) is 18.6. The number of carbonyl (C=O) groups is 3. The fourth-order valence-electron chi connectivity index (χ4n) is 10.7. The average Bonchev–Trinajstić information content (AvgIpc) is 3.96. The van der Waals surface area contributed by atoms with Crippen LogP contribution in [-0.4, -0.2) is 101 Å². The largest absolute Gasteiger partial charge is 0.493 e. The smallest absolute Gasteiger partial charge is 0.413 e. The Labute approximate surface area is 378 Å². The van der Waals surface area contributed by atoms with Crippen molar-refractivity contribution in [2.45, 2.75) is 109 Å². The Balaban J connectivity index is 0.861. The van der Waals surface area contributed by atoms with E-state index >= 15 is 0 Å². The maximum Gasteiger partial charge on any atom is 0.413 e. The van der Waals surface area contributed by atoms with Gasteiger partial charge in [-0.25, -0.2) is 19.8 Å². The Bertz CT molecular complexity index is 2470. The number of fused-ring (bicyclic) bond motifs is 3. The van der Waals surface area contributed by atoms with Crippen molar-refractivity contribution in [1.82, 2.24) is 30.2 Å². The van der Waals surface area contributed by atoms with Gasteiger partial charge in [0.05, 0.1) is 49.4 Å². The highest BCUT2D eigenvalue weighted by molar-refractivity contribution is 6.07. The molecule has 10 rings (SSSR count). The molecule has 0 spiro atoms. The molecule has 2 aromatic carbocycles. The first kappa shape index (κ1) is 42.9. The van der Waals surface area contributed by atoms with Gasteiger partial charge in [-0.3, -0.25) is 9.59 Å². The molecule has 2 N–H and O–H groups in total. The highest BCUT2D eigenvalue weighted by atomic mass is 16.7. The normalized spacial score (nSPS) is 21.7. The van der Waals surface area contributed by atoms with Gasteiger partial charge in [0.25, 0.3) is 0 Å². The number of aromatic amines is 1. The van der Waals surface area contributed by atoms with Crippen molar-refractivity contribution in [2.75, 3.05) is 40.7 Å². The lowest BCUT2D eigenvalue weighted by atomic mass is 9.73. The van der Waals surface area contributed by atoms with E-state index in [0.29, 0.717) is 108 Å². The number of aromatic nitrogens is 3. The third kappa shape index (κ3) is 8.63. The predicted octanol–water partition coefficient (Wildman–Crippen LogP) is 7.94. The molecule has 0 bridgehead atoms. The number of benzene rings is 2. The fourth-order valence-corrected chi connectivity index (χ4v) is 10.7. The minimum absolute atomic E-state index is 0.0411. The summed E-state index contributed by atoms with van der Waals surface area (Å²) in [5.41, 5.74) is 4.54. The maximum atomic E-state index is 14.6. The van der Waals surface area contributed by atoms with E-state index in [4.69, 9.17) is 33.5 Å². The summed E-state index contributed by atoms with van der Waals surface area (Å²) in [5.74, 6) is 3.92. The number of rotatable bonds is 13. The zero-order chi connectivity index (χ0) is 44.6. The molecule has 3 saturated carbocycles. The second-order valence-corrected chi connectivity index (χ2v) is 18.6. The molecule has 65 heavy (non-hydrogen) atoms. The molecule has 1 saturated heterocycles. The van der Waals surface area contributed by atoms with Gasteiger partial charge in [0.15, 0.2) is 28.7 Å². The van der Waals surface area contributed by atoms with Gasteiger partial charge in [-0.1, -0.05) is 44.9 Å². The molecule has 2 aromatic heterocycles. The first-order valence-corrected chi connectivity index (χ1v) is 23.6. The molecule has 0 unspecified atom stereocenters. The van der Waals surface area contributed by atoms with Crippen LogP contribution in [0.3, 0.4) is 0 Å². The molecule has 4 fully saturated rings. The topological polar surface area (TPSA) is 179 Å². The van der Waals surface area contributed by atoms with Crippen LogP contribution in [0.1, 0.15) is 101 Å². The van der Waals surface area contributed by atoms with Crippen LogP contribution in [-0.2, 0) is 9.59 Å². The van der Waals surface area contributed by atoms with Crippen molar-refractivity contribution in [3.8, 4) is 45.8 Å². The molecule has 16 nitrogen and oxygen atoms in total. The van der Waals surface area contributed by atoms with Gasteiger partial charge >= 0.3 is 6.09 Å². The van der Waals surface area contributed by atoms with Crippen LogP contribution in [0.25, 0.3) is 22.3 Å². The van der Waals surface area contributed by atoms with Crippen molar-refractivity contribution < 1.29 is 42.8 Å². The monoisotopic (exact) mass is 889 g/mol. The van der Waals surface area contributed by atoms with Crippen molar-refractivity contribution in [3.63, 3.8) is 0 Å². The summed E-state index contributed by atoms with van der Waals surface area (Å²) < 4.78 is 35.2. The molecule has 0 radical (unpaired) electrons. The van der Waals surface area contributed by atoms with E-state index in [1.807, 2.05) is 42.2 Å². The van der Waals surface area contributed by atoms with E-state index in [2.05, 4.69) is 20.3 Å². The number of hydrazone groups is 1. The first-order valence-electron chi connectivity index (χ1n) is 23.6. The Morgan fingerprint density at radius 3 is 2.38 bits per heavy atom. The Morgan fingerprint density at radius 2 is 1.62 bits per heavy atom. The molecule has 3 amide bonds. The summed E-state index contributed by atoms with van der Waals surface area (Å²) in [6.45, 7) is 3.35. The standard InChI is InChI=1S/C49H59N7O9/c1-28-45(44-43(52-28)42(50-26-51-44)40-37(62-25-30-13-14-30)17-18-38-46(40)64-27-63-38)65-49(59)53-35(23-29-9-5-4-6-10-29)48(58)55-21-19-32(20-22-55)56-47(57)34-12-8-7-11-33(34)41(54-56)31-15-16-36(60-2)39(24-31)61-3/h15-18,24,26,29-30,32-35,52H,4-14,19-23,25,27H2,1-3H3,(H,53,59)/t33-,34+,35-/m0/s1. The van der Waals surface area contributed by atoms with E-state index in [9.17, 15) is 14.4 Å². The van der Waals surface area contributed by atoms with Crippen LogP contribution < -0.4 is 33.7 Å². The molecule has 3 aliphatic carbocycles. The number of nitrogens with one attached hydrogen (secondary N) is 2. The Kier molecular flexibility index (Phi) is 12.2. The van der Waals surface area contributed by atoms with Gasteiger partial charge in [-0.2, -0.15) is 5.10 Å². The number of hydrogen-bond donors (Lipinski definition) is 2. The molecular weight excluding hydrogens is 831 g/mol. The molecule has 6 aliphatic rings. The van der Waals surface area contributed by atoms with Gasteiger partial charge in [0, 0.05) is 30.5 Å². The van der Waals surface area contributed by atoms with Crippen molar-refractivity contribution in [2.24, 2.45) is 28.8 Å². The van der Waals surface area contributed by atoms with Gasteiger partial charge < -0.3 is 43.6 Å². The van der Waals surface area contributed by atoms with Crippen molar-refractivity contribution in [3.05, 3.63) is 47.9 Å². The minimum atomic E-state index is -0.789. The third-order valence-electron chi connectivity index (χ3n) is 14.4. The lowest BCUT2D eigenvalue weighted by Crippen LogP contribution is -2.56. The van der Waals surface area contributed by atoms with E-state index in [1.54, 1.807) is 19.2 Å². The van der Waals surface area contributed by atoms with E-state index in [1.165, 1.54) is 12.7 Å². The van der Waals surface area contributed by atoms with Crippen LogP contribution >= 0.6 is 0 Å². The summed E-state index contributed by atoms with van der Waals surface area (Å²) in [5, 5.41) is 9.83. The summed E-state index contributed by atoms with van der Waals surface area (Å²) in [7, 11) is 3.24. The summed E-state index contributed by atoms with van der Waals surface area (Å²) >= 11 is 0. The van der Waals surface area contributed by atoms with Gasteiger partial charge in [0.2, 0.25) is 18.6 Å². The zero-order valence-corrected chi connectivity index (χ0v) is 37.6. The molecule has 344 valence electrons. The number of amides is 3. The van der Waals surface area contributed by atoms with Crippen LogP contribution in [0.5, 0.6) is 34.5 Å². The zero-order valence-electron chi connectivity index (χ0n) is 37.6.